The second-order valence-electron chi connectivity index (χ2n) is 5.18. The Labute approximate surface area is 144 Å². The normalized spacial score (nSPS) is 10.9. The molecule has 0 aliphatic heterocycles. The lowest BCUT2D eigenvalue weighted by Crippen LogP contribution is -2.25. The minimum absolute atomic E-state index is 0.237. The number of imidazole rings is 1. The maximum Gasteiger partial charge on any atom is 0.253 e. The molecule has 1 amide bonds. The van der Waals surface area contributed by atoms with E-state index >= 15 is 0 Å². The van der Waals surface area contributed by atoms with Crippen LogP contribution in [0.3, 0.4) is 0 Å². The number of rotatable bonds is 6. The number of hydrogen-bond donors (Lipinski definition) is 1. The van der Waals surface area contributed by atoms with Gasteiger partial charge in [-0.1, -0.05) is 23.7 Å². The van der Waals surface area contributed by atoms with Crippen molar-refractivity contribution in [3.8, 4) is 0 Å². The van der Waals surface area contributed by atoms with Gasteiger partial charge in [0, 0.05) is 19.9 Å². The lowest BCUT2D eigenvalue weighted by atomic mass is 10.2. The Balaban J connectivity index is 1.82. The van der Waals surface area contributed by atoms with Gasteiger partial charge in [0.05, 0.1) is 23.7 Å². The molecule has 1 aromatic carbocycles. The fourth-order valence-electron chi connectivity index (χ4n) is 2.46. The van der Waals surface area contributed by atoms with E-state index in [1.807, 2.05) is 16.7 Å². The molecule has 2 heterocycles. The van der Waals surface area contributed by atoms with Crippen molar-refractivity contribution in [2.24, 2.45) is 0 Å². The number of benzene rings is 1. The van der Waals surface area contributed by atoms with Crippen LogP contribution in [0.4, 0.5) is 0 Å². The van der Waals surface area contributed by atoms with Crippen LogP contribution in [0.2, 0.25) is 5.02 Å². The van der Waals surface area contributed by atoms with E-state index in [2.05, 4.69) is 15.3 Å². The third-order valence-corrected chi connectivity index (χ3v) is 3.96. The van der Waals surface area contributed by atoms with Gasteiger partial charge in [-0.15, -0.1) is 0 Å². The van der Waals surface area contributed by atoms with Gasteiger partial charge in [0.15, 0.2) is 5.65 Å². The molecular formula is C17H17ClN4O2. The minimum atomic E-state index is -0.237. The number of halogens is 1. The Morgan fingerprint density at radius 1 is 1.29 bits per heavy atom. The van der Waals surface area contributed by atoms with E-state index in [4.69, 9.17) is 16.3 Å². The van der Waals surface area contributed by atoms with Crippen molar-refractivity contribution < 1.29 is 9.53 Å². The molecule has 0 spiro atoms. The van der Waals surface area contributed by atoms with Gasteiger partial charge in [-0.05, 0) is 24.3 Å². The van der Waals surface area contributed by atoms with E-state index in [0.717, 1.165) is 17.0 Å². The first-order valence-electron chi connectivity index (χ1n) is 7.52. The number of aromatic nitrogens is 3. The summed E-state index contributed by atoms with van der Waals surface area (Å²) in [5.74, 6) is 0.486. The van der Waals surface area contributed by atoms with E-state index in [1.54, 1.807) is 37.6 Å². The van der Waals surface area contributed by atoms with E-state index in [1.165, 1.54) is 0 Å². The van der Waals surface area contributed by atoms with Crippen molar-refractivity contribution in [2.45, 2.75) is 13.1 Å². The first-order valence-corrected chi connectivity index (χ1v) is 7.90. The Morgan fingerprint density at radius 2 is 2.12 bits per heavy atom. The average Bonchev–Trinajstić information content (AvgIpc) is 2.96. The van der Waals surface area contributed by atoms with Crippen LogP contribution in [0.15, 0.2) is 42.6 Å². The Kier molecular flexibility index (Phi) is 5.08. The fraction of sp³-hybridized carbons (Fsp3) is 0.235. The summed E-state index contributed by atoms with van der Waals surface area (Å²) in [7, 11) is 1.64. The molecule has 0 radical (unpaired) electrons. The highest BCUT2D eigenvalue weighted by atomic mass is 35.5. The maximum absolute atomic E-state index is 12.3. The number of carbonyl (C=O) groups is 1. The Morgan fingerprint density at radius 3 is 2.92 bits per heavy atom. The Bertz CT molecular complexity index is 863. The van der Waals surface area contributed by atoms with Crippen molar-refractivity contribution >= 4 is 28.7 Å². The molecule has 24 heavy (non-hydrogen) atoms. The largest absolute Gasteiger partial charge is 0.383 e. The van der Waals surface area contributed by atoms with E-state index in [9.17, 15) is 4.79 Å². The van der Waals surface area contributed by atoms with Crippen LogP contribution in [0.25, 0.3) is 11.2 Å². The van der Waals surface area contributed by atoms with Crippen molar-refractivity contribution in [1.29, 1.82) is 0 Å². The molecule has 0 saturated heterocycles. The summed E-state index contributed by atoms with van der Waals surface area (Å²) in [5, 5.41) is 3.28. The molecular weight excluding hydrogens is 328 g/mol. The third-order valence-electron chi connectivity index (χ3n) is 3.63. The van der Waals surface area contributed by atoms with Gasteiger partial charge in [0.1, 0.15) is 11.3 Å². The van der Waals surface area contributed by atoms with Gasteiger partial charge < -0.3 is 14.6 Å². The minimum Gasteiger partial charge on any atom is -0.383 e. The quantitative estimate of drug-likeness (QED) is 0.746. The lowest BCUT2D eigenvalue weighted by Gasteiger charge is -2.09. The molecule has 124 valence electrons. The van der Waals surface area contributed by atoms with Gasteiger partial charge in [-0.3, -0.25) is 4.79 Å². The van der Waals surface area contributed by atoms with Crippen LogP contribution in [-0.2, 0) is 17.8 Å². The number of nitrogens with zero attached hydrogens (tertiary/aromatic N) is 3. The summed E-state index contributed by atoms with van der Waals surface area (Å²) in [6.07, 6.45) is 1.72. The molecule has 0 fully saturated rings. The number of nitrogens with one attached hydrogen (secondary N) is 1. The summed E-state index contributed by atoms with van der Waals surface area (Å²) in [5.41, 5.74) is 2.00. The van der Waals surface area contributed by atoms with Crippen molar-refractivity contribution in [3.05, 3.63) is 59.0 Å². The van der Waals surface area contributed by atoms with Crippen LogP contribution >= 0.6 is 11.6 Å². The van der Waals surface area contributed by atoms with Crippen LogP contribution in [0, 0.1) is 0 Å². The monoisotopic (exact) mass is 344 g/mol. The zero-order chi connectivity index (χ0) is 16.9. The van der Waals surface area contributed by atoms with Crippen LogP contribution in [-0.4, -0.2) is 34.2 Å². The highest BCUT2D eigenvalue weighted by Crippen LogP contribution is 2.16. The highest BCUT2D eigenvalue weighted by molar-refractivity contribution is 6.33. The van der Waals surface area contributed by atoms with Crippen LogP contribution in [0.5, 0.6) is 0 Å². The number of hydrogen-bond acceptors (Lipinski definition) is 4. The van der Waals surface area contributed by atoms with Gasteiger partial charge in [-0.25, -0.2) is 9.97 Å². The predicted octanol–water partition coefficient (Wildman–Crippen LogP) is 2.66. The maximum atomic E-state index is 12.3. The standard InChI is InChI=1S/C17H17ClN4O2/c1-24-10-9-22-15(21-14-7-4-8-19-16(14)22)11-20-17(23)12-5-2-3-6-13(12)18/h2-8H,9-11H2,1H3,(H,20,23). The van der Waals surface area contributed by atoms with Gasteiger partial charge in [-0.2, -0.15) is 0 Å². The summed E-state index contributed by atoms with van der Waals surface area (Å²) < 4.78 is 7.10. The van der Waals surface area contributed by atoms with Crippen molar-refractivity contribution in [3.63, 3.8) is 0 Å². The van der Waals surface area contributed by atoms with Gasteiger partial charge in [0.25, 0.3) is 5.91 Å². The Hall–Kier alpha value is -2.44. The van der Waals surface area contributed by atoms with Gasteiger partial charge in [0.2, 0.25) is 0 Å². The third kappa shape index (κ3) is 3.39. The molecule has 7 heteroatoms. The molecule has 2 aromatic heterocycles. The fourth-order valence-corrected chi connectivity index (χ4v) is 2.68. The van der Waals surface area contributed by atoms with E-state index in [0.29, 0.717) is 23.7 Å². The SMILES string of the molecule is COCCn1c(CNC(=O)c2ccccc2Cl)nc2cccnc21. The second kappa shape index (κ2) is 7.42. The zero-order valence-corrected chi connectivity index (χ0v) is 14.0. The predicted molar refractivity (Wildman–Crippen MR) is 92.0 cm³/mol. The van der Waals surface area contributed by atoms with Crippen molar-refractivity contribution in [1.82, 2.24) is 19.9 Å². The smallest absolute Gasteiger partial charge is 0.253 e. The molecule has 0 bridgehead atoms. The molecule has 0 saturated carbocycles. The number of amides is 1. The molecule has 0 aliphatic rings. The molecule has 3 rings (SSSR count). The number of ether oxygens (including phenoxy) is 1. The molecule has 1 N–H and O–H groups in total. The number of pyridine rings is 1. The average molecular weight is 345 g/mol. The summed E-state index contributed by atoms with van der Waals surface area (Å²) in [6.45, 7) is 1.43. The summed E-state index contributed by atoms with van der Waals surface area (Å²) >= 11 is 6.06. The topological polar surface area (TPSA) is 69.0 Å². The van der Waals surface area contributed by atoms with E-state index in [-0.39, 0.29) is 12.5 Å². The molecule has 6 nitrogen and oxygen atoms in total. The molecule has 0 unspecified atom stereocenters. The molecule has 3 aromatic rings. The summed E-state index contributed by atoms with van der Waals surface area (Å²) in [4.78, 5) is 21.2. The molecule has 0 atom stereocenters. The van der Waals surface area contributed by atoms with E-state index < -0.39 is 0 Å². The molecule has 0 aliphatic carbocycles. The first-order chi connectivity index (χ1) is 11.7. The zero-order valence-electron chi connectivity index (χ0n) is 13.2. The highest BCUT2D eigenvalue weighted by Gasteiger charge is 2.14. The summed E-state index contributed by atoms with van der Waals surface area (Å²) in [6, 6.07) is 10.7. The number of carbonyl (C=O) groups excluding carboxylic acids is 1. The van der Waals surface area contributed by atoms with Crippen molar-refractivity contribution in [2.75, 3.05) is 13.7 Å². The van der Waals surface area contributed by atoms with Crippen LogP contribution in [0.1, 0.15) is 16.2 Å². The second-order valence-corrected chi connectivity index (χ2v) is 5.59. The number of fused-ring (bicyclic) bond motifs is 1. The lowest BCUT2D eigenvalue weighted by molar-refractivity contribution is 0.0949. The number of methoxy groups -OCH3 is 1. The van der Waals surface area contributed by atoms with Crippen LogP contribution < -0.4 is 5.32 Å². The first kappa shape index (κ1) is 16.4. The van der Waals surface area contributed by atoms with Gasteiger partial charge >= 0.3 is 0 Å².